The summed E-state index contributed by atoms with van der Waals surface area (Å²) in [6.07, 6.45) is 0.496. The Labute approximate surface area is 179 Å². The van der Waals surface area contributed by atoms with E-state index in [1.54, 1.807) is 25.1 Å². The smallest absolute Gasteiger partial charge is 0.244 e. The van der Waals surface area contributed by atoms with E-state index in [-0.39, 0.29) is 32.0 Å². The van der Waals surface area contributed by atoms with Crippen LogP contribution in [0.15, 0.2) is 36.4 Å². The SMILES string of the molecule is CCN(CC(=O)Nc1c(F)cccc1F)C(=O)CCCOc1ccc(C#N)cc1OC. The third-order valence-corrected chi connectivity index (χ3v) is 4.38. The highest BCUT2D eigenvalue weighted by atomic mass is 19.1. The van der Waals surface area contributed by atoms with E-state index in [2.05, 4.69) is 5.32 Å². The van der Waals surface area contributed by atoms with Crippen molar-refractivity contribution >= 4 is 17.5 Å². The van der Waals surface area contributed by atoms with Gasteiger partial charge in [0.05, 0.1) is 31.9 Å². The van der Waals surface area contributed by atoms with Crippen molar-refractivity contribution in [3.05, 3.63) is 53.6 Å². The monoisotopic (exact) mass is 431 g/mol. The molecule has 2 rings (SSSR count). The molecule has 0 unspecified atom stereocenters. The van der Waals surface area contributed by atoms with E-state index in [9.17, 15) is 18.4 Å². The molecule has 0 saturated carbocycles. The number of ether oxygens (including phenoxy) is 2. The second-order valence-corrected chi connectivity index (χ2v) is 6.48. The molecule has 0 saturated heterocycles. The minimum Gasteiger partial charge on any atom is -0.493 e. The fraction of sp³-hybridized carbons (Fsp3) is 0.318. The number of para-hydroxylation sites is 1. The molecule has 0 radical (unpaired) electrons. The van der Waals surface area contributed by atoms with Crippen LogP contribution in [0.5, 0.6) is 11.5 Å². The van der Waals surface area contributed by atoms with Crippen molar-refractivity contribution in [2.45, 2.75) is 19.8 Å². The first-order valence-corrected chi connectivity index (χ1v) is 9.62. The second-order valence-electron chi connectivity index (χ2n) is 6.48. The average molecular weight is 431 g/mol. The first-order chi connectivity index (χ1) is 14.9. The molecular weight excluding hydrogens is 408 g/mol. The first-order valence-electron chi connectivity index (χ1n) is 9.62. The molecule has 164 valence electrons. The number of carbonyl (C=O) groups is 2. The Morgan fingerprint density at radius 2 is 1.87 bits per heavy atom. The molecule has 0 aliphatic heterocycles. The molecule has 0 bridgehead atoms. The number of methoxy groups -OCH3 is 1. The van der Waals surface area contributed by atoms with Gasteiger partial charge in [-0.25, -0.2) is 8.78 Å². The van der Waals surface area contributed by atoms with E-state index >= 15 is 0 Å². The summed E-state index contributed by atoms with van der Waals surface area (Å²) in [5, 5.41) is 11.1. The zero-order chi connectivity index (χ0) is 22.8. The summed E-state index contributed by atoms with van der Waals surface area (Å²) in [5.74, 6) is -1.90. The van der Waals surface area contributed by atoms with Gasteiger partial charge in [-0.2, -0.15) is 5.26 Å². The maximum atomic E-state index is 13.7. The van der Waals surface area contributed by atoms with E-state index in [0.717, 1.165) is 12.1 Å². The van der Waals surface area contributed by atoms with Crippen LogP contribution in [0.1, 0.15) is 25.3 Å². The quantitative estimate of drug-likeness (QED) is 0.582. The third-order valence-electron chi connectivity index (χ3n) is 4.38. The van der Waals surface area contributed by atoms with E-state index < -0.39 is 23.2 Å². The lowest BCUT2D eigenvalue weighted by Gasteiger charge is -2.20. The zero-order valence-corrected chi connectivity index (χ0v) is 17.3. The lowest BCUT2D eigenvalue weighted by atomic mass is 10.2. The van der Waals surface area contributed by atoms with Gasteiger partial charge in [-0.3, -0.25) is 9.59 Å². The fourth-order valence-corrected chi connectivity index (χ4v) is 2.77. The number of nitrogens with one attached hydrogen (secondary N) is 1. The summed E-state index contributed by atoms with van der Waals surface area (Å²) in [6, 6.07) is 10.0. The van der Waals surface area contributed by atoms with Crippen molar-refractivity contribution < 1.29 is 27.8 Å². The highest BCUT2D eigenvalue weighted by Gasteiger charge is 2.18. The van der Waals surface area contributed by atoms with Crippen molar-refractivity contribution in [2.24, 2.45) is 0 Å². The third kappa shape index (κ3) is 6.67. The minimum atomic E-state index is -0.891. The van der Waals surface area contributed by atoms with Crippen molar-refractivity contribution in [1.82, 2.24) is 4.90 Å². The van der Waals surface area contributed by atoms with Gasteiger partial charge in [-0.1, -0.05) is 6.07 Å². The lowest BCUT2D eigenvalue weighted by Crippen LogP contribution is -2.38. The van der Waals surface area contributed by atoms with Crippen molar-refractivity contribution in [1.29, 1.82) is 5.26 Å². The lowest BCUT2D eigenvalue weighted by molar-refractivity contribution is -0.134. The van der Waals surface area contributed by atoms with Gasteiger partial charge in [0, 0.05) is 19.0 Å². The molecule has 0 aromatic heterocycles. The number of rotatable bonds is 10. The van der Waals surface area contributed by atoms with Gasteiger partial charge in [-0.05, 0) is 37.6 Å². The molecular formula is C22H23F2N3O4. The first kappa shape index (κ1) is 23.6. The second kappa shape index (κ2) is 11.5. The number of likely N-dealkylation sites (N-methyl/N-ethyl adjacent to an activating group) is 1. The van der Waals surface area contributed by atoms with Crippen LogP contribution in [0.2, 0.25) is 0 Å². The van der Waals surface area contributed by atoms with Gasteiger partial charge in [0.2, 0.25) is 11.8 Å². The highest BCUT2D eigenvalue weighted by molar-refractivity contribution is 5.94. The predicted molar refractivity (Wildman–Crippen MR) is 110 cm³/mol. The number of benzene rings is 2. The maximum absolute atomic E-state index is 13.7. The number of halogens is 2. The Kier molecular flexibility index (Phi) is 8.76. The topological polar surface area (TPSA) is 91.7 Å². The Balaban J connectivity index is 1.84. The molecule has 0 aliphatic rings. The van der Waals surface area contributed by atoms with Gasteiger partial charge in [0.1, 0.15) is 17.3 Å². The molecule has 1 N–H and O–H groups in total. The molecule has 2 amide bonds. The molecule has 2 aromatic carbocycles. The molecule has 9 heteroatoms. The minimum absolute atomic E-state index is 0.119. The van der Waals surface area contributed by atoms with Crippen molar-refractivity contribution in [2.75, 3.05) is 32.1 Å². The molecule has 0 aliphatic carbocycles. The van der Waals surface area contributed by atoms with E-state index in [1.807, 2.05) is 6.07 Å². The Morgan fingerprint density at radius 3 is 2.48 bits per heavy atom. The normalized spacial score (nSPS) is 10.2. The molecule has 0 spiro atoms. The van der Waals surface area contributed by atoms with E-state index in [1.165, 1.54) is 18.1 Å². The Bertz CT molecular complexity index is 955. The summed E-state index contributed by atoms with van der Waals surface area (Å²) in [5.41, 5.74) is -0.104. The summed E-state index contributed by atoms with van der Waals surface area (Å²) < 4.78 is 38.1. The highest BCUT2D eigenvalue weighted by Crippen LogP contribution is 2.28. The Hall–Kier alpha value is -3.67. The summed E-state index contributed by atoms with van der Waals surface area (Å²) in [4.78, 5) is 25.8. The van der Waals surface area contributed by atoms with Gasteiger partial charge in [0.25, 0.3) is 0 Å². The fourth-order valence-electron chi connectivity index (χ4n) is 2.77. The summed E-state index contributed by atoms with van der Waals surface area (Å²) in [7, 11) is 1.46. The van der Waals surface area contributed by atoms with Crippen LogP contribution >= 0.6 is 0 Å². The van der Waals surface area contributed by atoms with Crippen molar-refractivity contribution in [3.63, 3.8) is 0 Å². The summed E-state index contributed by atoms with van der Waals surface area (Å²) >= 11 is 0. The van der Waals surface area contributed by atoms with Crippen LogP contribution in [0.4, 0.5) is 14.5 Å². The van der Waals surface area contributed by atoms with Crippen molar-refractivity contribution in [3.8, 4) is 17.6 Å². The molecule has 31 heavy (non-hydrogen) atoms. The van der Waals surface area contributed by atoms with E-state index in [0.29, 0.717) is 23.5 Å². The number of nitrogens with zero attached hydrogens (tertiary/aromatic N) is 2. The van der Waals surface area contributed by atoms with E-state index in [4.69, 9.17) is 14.7 Å². The summed E-state index contributed by atoms with van der Waals surface area (Å²) in [6.45, 7) is 1.86. The number of nitriles is 1. The maximum Gasteiger partial charge on any atom is 0.244 e. The average Bonchev–Trinajstić information content (AvgIpc) is 2.77. The van der Waals surface area contributed by atoms with Crippen LogP contribution in [-0.2, 0) is 9.59 Å². The standard InChI is InChI=1S/C22H23F2N3O4/c1-3-27(14-20(28)26-22-16(23)6-4-7-17(22)24)21(29)8-5-11-31-18-10-9-15(13-25)12-19(18)30-2/h4,6-7,9-10,12H,3,5,8,11,14H2,1-2H3,(H,26,28). The van der Waals surface area contributed by atoms with Crippen LogP contribution in [0.25, 0.3) is 0 Å². The van der Waals surface area contributed by atoms with Crippen LogP contribution in [0.3, 0.4) is 0 Å². The molecule has 0 fully saturated rings. The van der Waals surface area contributed by atoms with Crippen LogP contribution < -0.4 is 14.8 Å². The number of hydrogen-bond donors (Lipinski definition) is 1. The van der Waals surface area contributed by atoms with Gasteiger partial charge in [-0.15, -0.1) is 0 Å². The molecule has 0 atom stereocenters. The number of carbonyl (C=O) groups excluding carboxylic acids is 2. The number of hydrogen-bond acceptors (Lipinski definition) is 5. The molecule has 2 aromatic rings. The van der Waals surface area contributed by atoms with Crippen LogP contribution in [0, 0.1) is 23.0 Å². The zero-order valence-electron chi connectivity index (χ0n) is 17.3. The van der Waals surface area contributed by atoms with Gasteiger partial charge >= 0.3 is 0 Å². The molecule has 0 heterocycles. The number of anilines is 1. The number of amides is 2. The van der Waals surface area contributed by atoms with Gasteiger partial charge in [0.15, 0.2) is 11.5 Å². The predicted octanol–water partition coefficient (Wildman–Crippen LogP) is 3.49. The van der Waals surface area contributed by atoms with Gasteiger partial charge < -0.3 is 19.7 Å². The molecule has 7 nitrogen and oxygen atoms in total. The largest absolute Gasteiger partial charge is 0.493 e. The Morgan fingerprint density at radius 1 is 1.16 bits per heavy atom. The van der Waals surface area contributed by atoms with Crippen LogP contribution in [-0.4, -0.2) is 43.5 Å².